The predicted molar refractivity (Wildman–Crippen MR) is 167 cm³/mol. The number of carboxylic acid groups (broad SMARTS) is 1. The Kier molecular flexibility index (Phi) is 10.3. The van der Waals surface area contributed by atoms with Gasteiger partial charge in [0.1, 0.15) is 23.7 Å². The van der Waals surface area contributed by atoms with Crippen molar-refractivity contribution in [2.75, 3.05) is 37.7 Å². The highest BCUT2D eigenvalue weighted by molar-refractivity contribution is 8.00. The number of carboxylic acids is 1. The molecule has 13 nitrogen and oxygen atoms in total. The lowest BCUT2D eigenvalue weighted by Crippen LogP contribution is -2.70. The van der Waals surface area contributed by atoms with Gasteiger partial charge in [-0.15, -0.1) is 23.5 Å². The first-order chi connectivity index (χ1) is 21.8. The highest BCUT2D eigenvalue weighted by Crippen LogP contribution is 2.41. The summed E-state index contributed by atoms with van der Waals surface area (Å²) < 4.78 is 5.01. The van der Waals surface area contributed by atoms with Gasteiger partial charge in [0, 0.05) is 48.2 Å². The van der Waals surface area contributed by atoms with Gasteiger partial charge in [-0.3, -0.25) is 19.3 Å². The lowest BCUT2D eigenvalue weighted by molar-refractivity contribution is -0.150. The normalized spacial score (nSPS) is 21.8. The summed E-state index contributed by atoms with van der Waals surface area (Å²) in [5.74, 6) is -1.83. The molecule has 2 atom stereocenters. The Morgan fingerprint density at radius 1 is 1.22 bits per heavy atom. The maximum absolute atomic E-state index is 13.1. The van der Waals surface area contributed by atoms with Crippen LogP contribution in [0, 0.1) is 0 Å². The zero-order valence-electron chi connectivity index (χ0n) is 24.2. The molecule has 4 aliphatic heterocycles. The summed E-state index contributed by atoms with van der Waals surface area (Å²) in [6.45, 7) is 4.83. The van der Waals surface area contributed by atoms with Gasteiger partial charge in [-0.25, -0.2) is 14.6 Å². The van der Waals surface area contributed by atoms with E-state index in [0.29, 0.717) is 37.2 Å². The maximum atomic E-state index is 13.1. The van der Waals surface area contributed by atoms with Gasteiger partial charge in [0.25, 0.3) is 5.91 Å². The highest BCUT2D eigenvalue weighted by atomic mass is 32.2. The zero-order valence-corrected chi connectivity index (χ0v) is 25.8. The topological polar surface area (TPSA) is 165 Å². The van der Waals surface area contributed by atoms with E-state index in [1.165, 1.54) is 39.4 Å². The van der Waals surface area contributed by atoms with E-state index in [2.05, 4.69) is 21.9 Å². The molecule has 2 aromatic rings. The first-order valence-corrected chi connectivity index (χ1v) is 16.2. The van der Waals surface area contributed by atoms with Crippen molar-refractivity contribution in [3.63, 3.8) is 0 Å². The minimum Gasteiger partial charge on any atom is -0.477 e. The smallest absolute Gasteiger partial charge is 0.410 e. The number of aliphatic carboxylic acids is 1. The van der Waals surface area contributed by atoms with Gasteiger partial charge in [0.05, 0.1) is 18.1 Å². The van der Waals surface area contributed by atoms with Crippen LogP contribution in [0.5, 0.6) is 0 Å². The molecule has 0 unspecified atom stereocenters. The molecule has 0 aliphatic carbocycles. The molecule has 0 radical (unpaired) electrons. The van der Waals surface area contributed by atoms with Crippen molar-refractivity contribution in [2.45, 2.75) is 28.8 Å². The van der Waals surface area contributed by atoms with E-state index < -0.39 is 29.4 Å². The standard InChI is InChI=1S/C27H28N4O7S2.C3H4N2/c1-2-10-38-27(37)29-12-18(13-29)30-9-8-16(23(30)33)11-17-14-40-25-21(24(34)31(25)22(17)26(35)36)28-20(32)15-39-19-6-4-3-5-7-19;1-2-5-3-4-1/h2-7,11,18,21,25H,1,8-10,12-15H2,(H,28,32)(H,35,36);1-3H,(H,4,5)/b16-11+;/t21-,25-;/m1./s1. The number of fused-ring (bicyclic) bond motifs is 1. The van der Waals surface area contributed by atoms with E-state index in [-0.39, 0.29) is 41.7 Å². The molecule has 236 valence electrons. The largest absolute Gasteiger partial charge is 0.477 e. The van der Waals surface area contributed by atoms with Gasteiger partial charge in [-0.1, -0.05) is 30.9 Å². The number of ether oxygens (including phenoxy) is 1. The molecule has 15 heteroatoms. The fourth-order valence-electron chi connectivity index (χ4n) is 5.20. The number of allylic oxidation sites excluding steroid dienone is 1. The summed E-state index contributed by atoms with van der Waals surface area (Å²) in [6, 6.07) is 8.48. The number of aromatic nitrogens is 2. The second-order valence-corrected chi connectivity index (χ2v) is 12.5. The van der Waals surface area contributed by atoms with Crippen molar-refractivity contribution in [3.05, 3.63) is 84.6 Å². The van der Waals surface area contributed by atoms with Crippen LogP contribution in [-0.2, 0) is 23.9 Å². The number of thioether (sulfide) groups is 2. The van der Waals surface area contributed by atoms with Gasteiger partial charge in [0.15, 0.2) is 0 Å². The first kappa shape index (κ1) is 31.9. The van der Waals surface area contributed by atoms with Crippen LogP contribution >= 0.6 is 23.5 Å². The summed E-state index contributed by atoms with van der Waals surface area (Å²) >= 11 is 2.71. The lowest BCUT2D eigenvalue weighted by atomic mass is 10.0. The lowest BCUT2D eigenvalue weighted by Gasteiger charge is -2.49. The number of carbonyl (C=O) groups is 5. The molecule has 3 N–H and O–H groups in total. The third kappa shape index (κ3) is 7.26. The van der Waals surface area contributed by atoms with Gasteiger partial charge in [0.2, 0.25) is 11.8 Å². The van der Waals surface area contributed by atoms with E-state index in [1.54, 1.807) is 29.7 Å². The number of amides is 4. The average molecular weight is 653 g/mol. The molecule has 1 aromatic carbocycles. The number of β-lactam (4-membered cyclic amide) rings is 1. The van der Waals surface area contributed by atoms with E-state index in [0.717, 1.165) is 4.90 Å². The molecule has 3 saturated heterocycles. The molecule has 45 heavy (non-hydrogen) atoms. The van der Waals surface area contributed by atoms with Crippen molar-refractivity contribution in [2.24, 2.45) is 0 Å². The first-order valence-electron chi connectivity index (χ1n) is 14.1. The highest BCUT2D eigenvalue weighted by Gasteiger charge is 2.54. The number of H-pyrrole nitrogens is 1. The van der Waals surface area contributed by atoms with Crippen LogP contribution in [0.3, 0.4) is 0 Å². The Balaban J connectivity index is 0.000000729. The van der Waals surface area contributed by atoms with E-state index in [1.807, 2.05) is 30.3 Å². The van der Waals surface area contributed by atoms with Crippen LogP contribution in [0.2, 0.25) is 0 Å². The number of hydrogen-bond acceptors (Lipinski definition) is 9. The molecule has 0 bridgehead atoms. The monoisotopic (exact) mass is 652 g/mol. The molecule has 5 heterocycles. The van der Waals surface area contributed by atoms with Gasteiger partial charge >= 0.3 is 12.1 Å². The van der Waals surface area contributed by atoms with Crippen molar-refractivity contribution >= 4 is 53.3 Å². The fourth-order valence-corrected chi connectivity index (χ4v) is 7.24. The molecular weight excluding hydrogens is 620 g/mol. The van der Waals surface area contributed by atoms with E-state index in [4.69, 9.17) is 4.74 Å². The zero-order chi connectivity index (χ0) is 31.9. The molecule has 0 saturated carbocycles. The van der Waals surface area contributed by atoms with Crippen LogP contribution in [0.25, 0.3) is 0 Å². The van der Waals surface area contributed by atoms with Gasteiger partial charge in [-0.2, -0.15) is 0 Å². The molecule has 3 fully saturated rings. The number of nitrogens with one attached hydrogen (secondary N) is 2. The second-order valence-electron chi connectivity index (χ2n) is 10.3. The molecular formula is C30H32N6O7S2. The van der Waals surface area contributed by atoms with Gasteiger partial charge < -0.3 is 29.9 Å². The number of benzene rings is 1. The molecule has 4 amide bonds. The van der Waals surface area contributed by atoms with E-state index in [9.17, 15) is 29.1 Å². The average Bonchev–Trinajstić information content (AvgIpc) is 3.72. The Morgan fingerprint density at radius 3 is 2.64 bits per heavy atom. The number of likely N-dealkylation sites (tertiary alicyclic amines) is 2. The van der Waals surface area contributed by atoms with Crippen LogP contribution in [-0.4, -0.2) is 115 Å². The summed E-state index contributed by atoms with van der Waals surface area (Å²) in [5.41, 5.74) is 0.702. The van der Waals surface area contributed by atoms with Crippen molar-refractivity contribution in [1.29, 1.82) is 0 Å². The number of imidazole rings is 1. The Labute approximate surface area is 267 Å². The predicted octanol–water partition coefficient (Wildman–Crippen LogP) is 2.09. The quantitative estimate of drug-likeness (QED) is 0.158. The summed E-state index contributed by atoms with van der Waals surface area (Å²) in [5, 5.41) is 12.2. The minimum absolute atomic E-state index is 0.120. The Morgan fingerprint density at radius 2 is 2.00 bits per heavy atom. The van der Waals surface area contributed by atoms with Crippen LogP contribution in [0.1, 0.15) is 6.42 Å². The maximum Gasteiger partial charge on any atom is 0.410 e. The molecule has 4 aliphatic rings. The fraction of sp³-hybridized carbons (Fsp3) is 0.333. The van der Waals surface area contributed by atoms with E-state index >= 15 is 0 Å². The van der Waals surface area contributed by atoms with Gasteiger partial charge in [-0.05, 0) is 30.2 Å². The Bertz CT molecular complexity index is 1490. The van der Waals surface area contributed by atoms with Crippen molar-refractivity contribution in [1.82, 2.24) is 30.0 Å². The van der Waals surface area contributed by atoms with Crippen LogP contribution in [0.4, 0.5) is 4.79 Å². The summed E-state index contributed by atoms with van der Waals surface area (Å²) in [7, 11) is 0. The number of aromatic amines is 1. The number of hydrogen-bond donors (Lipinski definition) is 3. The molecule has 1 aromatic heterocycles. The van der Waals surface area contributed by atoms with Crippen molar-refractivity contribution in [3.8, 4) is 0 Å². The Hall–Kier alpha value is -4.50. The third-order valence-corrected chi connectivity index (χ3v) is 9.74. The minimum atomic E-state index is -1.26. The van der Waals surface area contributed by atoms with Crippen molar-refractivity contribution < 1.29 is 33.8 Å². The molecule has 6 rings (SSSR count). The second kappa shape index (κ2) is 14.5. The molecule has 0 spiro atoms. The number of carbonyl (C=O) groups excluding carboxylic acids is 4. The SMILES string of the molecule is C=CCOC(=O)N1CC(N2CC/C(=C\C3=C(C(=O)O)N4C(=O)[C@@H](NC(=O)CSc5ccccc5)[C@H]4SC3)C2=O)C1.c1c[nH]cn1. The summed E-state index contributed by atoms with van der Waals surface area (Å²) in [6.07, 6.45) is 8.14. The third-order valence-electron chi connectivity index (χ3n) is 7.43. The number of rotatable bonds is 9. The van der Waals surface area contributed by atoms with Crippen LogP contribution in [0.15, 0.2) is 89.5 Å². The number of nitrogens with zero attached hydrogens (tertiary/aromatic N) is 4. The summed E-state index contributed by atoms with van der Waals surface area (Å²) in [4.78, 5) is 74.4. The van der Waals surface area contributed by atoms with Crippen LogP contribution < -0.4 is 5.32 Å².